The van der Waals surface area contributed by atoms with Gasteiger partial charge in [-0.05, 0) is 44.7 Å². The lowest BCUT2D eigenvalue weighted by Gasteiger charge is -2.34. The molecule has 6 heteroatoms. The average molecular weight is 317 g/mol. The molecule has 6 nitrogen and oxygen atoms in total. The Morgan fingerprint density at radius 2 is 2.39 bits per heavy atom. The number of oxazole rings is 1. The summed E-state index contributed by atoms with van der Waals surface area (Å²) >= 11 is 0. The Kier molecular flexibility index (Phi) is 4.52. The molecule has 2 atom stereocenters. The predicted molar refractivity (Wildman–Crippen MR) is 85.6 cm³/mol. The molecular formula is C17H23N3O3. The van der Waals surface area contributed by atoms with Gasteiger partial charge in [-0.1, -0.05) is 0 Å². The fourth-order valence-corrected chi connectivity index (χ4v) is 3.02. The van der Waals surface area contributed by atoms with E-state index in [9.17, 15) is 4.79 Å². The number of likely N-dealkylation sites (tertiary alicyclic amines) is 1. The van der Waals surface area contributed by atoms with Crippen molar-refractivity contribution in [1.29, 1.82) is 0 Å². The first kappa shape index (κ1) is 15.8. The Morgan fingerprint density at radius 1 is 1.57 bits per heavy atom. The first-order valence-corrected chi connectivity index (χ1v) is 8.08. The van der Waals surface area contributed by atoms with Crippen LogP contribution in [0.4, 0.5) is 0 Å². The minimum Gasteiger partial charge on any atom is -0.459 e. The van der Waals surface area contributed by atoms with Crippen LogP contribution in [0.15, 0.2) is 27.2 Å². The number of hydrogen-bond acceptors (Lipinski definition) is 5. The fourth-order valence-electron chi connectivity index (χ4n) is 3.02. The maximum Gasteiger partial charge on any atom is 0.263 e. The second kappa shape index (κ2) is 6.58. The van der Waals surface area contributed by atoms with E-state index in [1.165, 1.54) is 0 Å². The largest absolute Gasteiger partial charge is 0.459 e. The van der Waals surface area contributed by atoms with E-state index in [-0.39, 0.29) is 18.4 Å². The number of rotatable bonds is 4. The molecule has 1 fully saturated rings. The molecule has 1 saturated heterocycles. The number of nitrogens with zero attached hydrogens (tertiary/aromatic N) is 2. The summed E-state index contributed by atoms with van der Waals surface area (Å²) in [6.07, 6.45) is 3.92. The SMILES string of the molecule is Cc1oc(-c2ccco2)nc1CC(=O)N1CCCC(C(C)N)C1. The molecule has 0 spiro atoms. The topological polar surface area (TPSA) is 85.5 Å². The minimum atomic E-state index is 0.0812. The lowest BCUT2D eigenvalue weighted by Crippen LogP contribution is -2.45. The Morgan fingerprint density at radius 3 is 3.09 bits per heavy atom. The summed E-state index contributed by atoms with van der Waals surface area (Å²) in [5.74, 6) is 2.11. The fraction of sp³-hybridized carbons (Fsp3) is 0.529. The highest BCUT2D eigenvalue weighted by Gasteiger charge is 2.27. The van der Waals surface area contributed by atoms with Crippen molar-refractivity contribution < 1.29 is 13.6 Å². The molecule has 0 saturated carbocycles. The summed E-state index contributed by atoms with van der Waals surface area (Å²) in [5, 5.41) is 0. The van der Waals surface area contributed by atoms with Crippen molar-refractivity contribution in [2.75, 3.05) is 13.1 Å². The number of aryl methyl sites for hydroxylation is 1. The van der Waals surface area contributed by atoms with Crippen LogP contribution in [0.1, 0.15) is 31.2 Å². The zero-order valence-corrected chi connectivity index (χ0v) is 13.6. The van der Waals surface area contributed by atoms with Crippen molar-refractivity contribution in [1.82, 2.24) is 9.88 Å². The van der Waals surface area contributed by atoms with Gasteiger partial charge < -0.3 is 19.5 Å². The van der Waals surface area contributed by atoms with Crippen molar-refractivity contribution >= 4 is 5.91 Å². The second-order valence-electron chi connectivity index (χ2n) is 6.28. The van der Waals surface area contributed by atoms with E-state index in [0.717, 1.165) is 25.9 Å². The van der Waals surface area contributed by atoms with E-state index in [0.29, 0.717) is 29.0 Å². The molecule has 2 aromatic rings. The van der Waals surface area contributed by atoms with Gasteiger partial charge in [-0.25, -0.2) is 4.98 Å². The third-order valence-electron chi connectivity index (χ3n) is 4.50. The molecule has 0 bridgehead atoms. The quantitative estimate of drug-likeness (QED) is 0.935. The van der Waals surface area contributed by atoms with Crippen LogP contribution in [0.3, 0.4) is 0 Å². The normalized spacial score (nSPS) is 19.8. The molecule has 0 radical (unpaired) electrons. The van der Waals surface area contributed by atoms with Crippen LogP contribution in [0.5, 0.6) is 0 Å². The second-order valence-corrected chi connectivity index (χ2v) is 6.28. The van der Waals surface area contributed by atoms with Crippen LogP contribution in [0.2, 0.25) is 0 Å². The highest BCUT2D eigenvalue weighted by Crippen LogP contribution is 2.24. The van der Waals surface area contributed by atoms with Crippen LogP contribution in [0.25, 0.3) is 11.7 Å². The van der Waals surface area contributed by atoms with E-state index in [4.69, 9.17) is 14.6 Å². The number of furan rings is 1. The molecule has 1 amide bonds. The smallest absolute Gasteiger partial charge is 0.263 e. The zero-order valence-electron chi connectivity index (χ0n) is 13.6. The molecule has 1 aliphatic rings. The van der Waals surface area contributed by atoms with Gasteiger partial charge in [0.25, 0.3) is 5.89 Å². The summed E-state index contributed by atoms with van der Waals surface area (Å²) in [5.41, 5.74) is 6.66. The Bertz CT molecular complexity index is 661. The van der Waals surface area contributed by atoms with E-state index in [1.807, 2.05) is 18.7 Å². The highest BCUT2D eigenvalue weighted by molar-refractivity contribution is 5.78. The van der Waals surface area contributed by atoms with Crippen LogP contribution in [-0.2, 0) is 11.2 Å². The first-order valence-electron chi connectivity index (χ1n) is 8.08. The molecule has 2 N–H and O–H groups in total. The van der Waals surface area contributed by atoms with Crippen LogP contribution in [-0.4, -0.2) is 34.9 Å². The monoisotopic (exact) mass is 317 g/mol. The van der Waals surface area contributed by atoms with Gasteiger partial charge in [-0.2, -0.15) is 0 Å². The lowest BCUT2D eigenvalue weighted by atomic mass is 9.92. The van der Waals surface area contributed by atoms with Crippen molar-refractivity contribution in [3.05, 3.63) is 29.9 Å². The summed E-state index contributed by atoms with van der Waals surface area (Å²) < 4.78 is 10.9. The molecule has 0 aromatic carbocycles. The van der Waals surface area contributed by atoms with Crippen LogP contribution in [0, 0.1) is 12.8 Å². The summed E-state index contributed by atoms with van der Waals surface area (Å²) in [7, 11) is 0. The average Bonchev–Trinajstić information content (AvgIpc) is 3.18. The number of carbonyl (C=O) groups is 1. The van der Waals surface area contributed by atoms with Gasteiger partial charge in [0.1, 0.15) is 5.76 Å². The minimum absolute atomic E-state index is 0.0812. The maximum atomic E-state index is 12.6. The highest BCUT2D eigenvalue weighted by atomic mass is 16.4. The number of hydrogen-bond donors (Lipinski definition) is 1. The van der Waals surface area contributed by atoms with Gasteiger partial charge in [0.2, 0.25) is 5.91 Å². The van der Waals surface area contributed by atoms with Gasteiger partial charge in [0, 0.05) is 19.1 Å². The molecule has 23 heavy (non-hydrogen) atoms. The Hall–Kier alpha value is -2.08. The van der Waals surface area contributed by atoms with Gasteiger partial charge >= 0.3 is 0 Å². The van der Waals surface area contributed by atoms with Gasteiger partial charge in [-0.15, -0.1) is 0 Å². The summed E-state index contributed by atoms with van der Waals surface area (Å²) in [4.78, 5) is 18.9. The van der Waals surface area contributed by atoms with E-state index in [1.54, 1.807) is 18.4 Å². The zero-order chi connectivity index (χ0) is 16.4. The van der Waals surface area contributed by atoms with Crippen molar-refractivity contribution in [2.24, 2.45) is 11.7 Å². The van der Waals surface area contributed by atoms with Crippen molar-refractivity contribution in [3.63, 3.8) is 0 Å². The lowest BCUT2D eigenvalue weighted by molar-refractivity contribution is -0.132. The molecule has 0 aliphatic carbocycles. The van der Waals surface area contributed by atoms with E-state index >= 15 is 0 Å². The Labute approximate surface area is 135 Å². The van der Waals surface area contributed by atoms with Gasteiger partial charge in [0.15, 0.2) is 5.76 Å². The molecule has 124 valence electrons. The third-order valence-corrected chi connectivity index (χ3v) is 4.50. The number of amides is 1. The number of nitrogens with two attached hydrogens (primary N) is 1. The summed E-state index contributed by atoms with van der Waals surface area (Å²) in [6, 6.07) is 3.68. The van der Waals surface area contributed by atoms with E-state index < -0.39 is 0 Å². The molecule has 2 unspecified atom stereocenters. The third kappa shape index (κ3) is 3.47. The molecule has 3 rings (SSSR count). The number of aromatic nitrogens is 1. The molecule has 3 heterocycles. The Balaban J connectivity index is 1.68. The van der Waals surface area contributed by atoms with Crippen LogP contribution < -0.4 is 5.73 Å². The van der Waals surface area contributed by atoms with Crippen molar-refractivity contribution in [2.45, 2.75) is 39.2 Å². The van der Waals surface area contributed by atoms with Crippen LogP contribution >= 0.6 is 0 Å². The molecule has 1 aliphatic heterocycles. The summed E-state index contributed by atoms with van der Waals surface area (Å²) in [6.45, 7) is 5.36. The predicted octanol–water partition coefficient (Wildman–Crippen LogP) is 2.37. The van der Waals surface area contributed by atoms with Gasteiger partial charge in [-0.3, -0.25) is 4.79 Å². The number of piperidine rings is 1. The maximum absolute atomic E-state index is 12.6. The molecule has 2 aromatic heterocycles. The van der Waals surface area contributed by atoms with Crippen molar-refractivity contribution in [3.8, 4) is 11.7 Å². The van der Waals surface area contributed by atoms with E-state index in [2.05, 4.69) is 4.98 Å². The standard InChI is InChI=1S/C17H23N3O3/c1-11(18)13-5-3-7-20(10-13)16(21)9-14-12(2)23-17(19-14)15-6-4-8-22-15/h4,6,8,11,13H,3,5,7,9-10,18H2,1-2H3. The molecular weight excluding hydrogens is 294 g/mol. The van der Waals surface area contributed by atoms with Gasteiger partial charge in [0.05, 0.1) is 18.4 Å². The first-order chi connectivity index (χ1) is 11.0. The number of carbonyl (C=O) groups excluding carboxylic acids is 1.